The Labute approximate surface area is 184 Å². The predicted octanol–water partition coefficient (Wildman–Crippen LogP) is 5.48. The molecule has 0 amide bonds. The lowest BCUT2D eigenvalue weighted by atomic mass is 9.99. The summed E-state index contributed by atoms with van der Waals surface area (Å²) in [4.78, 5) is 25.0. The molecular formula is C26H21N3O3. The number of H-pyrrole nitrogens is 2. The maximum absolute atomic E-state index is 13.8. The molecule has 2 aromatic heterocycles. The Hall–Kier alpha value is -4.32. The van der Waals surface area contributed by atoms with Gasteiger partial charge in [0.05, 0.1) is 30.8 Å². The molecular weight excluding hydrogens is 402 g/mol. The molecule has 5 aromatic rings. The lowest BCUT2D eigenvalue weighted by molar-refractivity contribution is 0.105. The first-order chi connectivity index (χ1) is 15.7. The monoisotopic (exact) mass is 423 g/mol. The summed E-state index contributed by atoms with van der Waals surface area (Å²) in [7, 11) is 3.12. The third-order valence-corrected chi connectivity index (χ3v) is 5.42. The van der Waals surface area contributed by atoms with Gasteiger partial charge in [0.15, 0.2) is 5.78 Å². The van der Waals surface area contributed by atoms with Gasteiger partial charge in [-0.3, -0.25) is 4.79 Å². The fourth-order valence-electron chi connectivity index (χ4n) is 3.78. The molecule has 0 bridgehead atoms. The maximum Gasteiger partial charge on any atom is 0.197 e. The molecule has 0 saturated carbocycles. The van der Waals surface area contributed by atoms with Crippen molar-refractivity contribution in [2.75, 3.05) is 14.2 Å². The number of carbonyl (C=O) groups is 1. The van der Waals surface area contributed by atoms with Crippen molar-refractivity contribution in [2.24, 2.45) is 0 Å². The van der Waals surface area contributed by atoms with E-state index in [-0.39, 0.29) is 5.78 Å². The topological polar surface area (TPSA) is 80.0 Å². The number of ketones is 1. The van der Waals surface area contributed by atoms with Gasteiger partial charge in [0.1, 0.15) is 17.3 Å². The molecule has 2 heterocycles. The quantitative estimate of drug-likeness (QED) is 0.280. The number of carbonyl (C=O) groups excluding carboxylic acids is 1. The molecule has 6 heteroatoms. The summed E-state index contributed by atoms with van der Waals surface area (Å²) >= 11 is 0. The van der Waals surface area contributed by atoms with Crippen LogP contribution in [0.15, 0.2) is 72.9 Å². The van der Waals surface area contributed by atoms with Gasteiger partial charge in [-0.2, -0.15) is 0 Å². The maximum atomic E-state index is 13.8. The highest BCUT2D eigenvalue weighted by Crippen LogP contribution is 2.30. The fourth-order valence-corrected chi connectivity index (χ4v) is 3.78. The van der Waals surface area contributed by atoms with Crippen LogP contribution in [0.2, 0.25) is 0 Å². The zero-order valence-corrected chi connectivity index (χ0v) is 17.7. The number of hydrogen-bond acceptors (Lipinski definition) is 4. The number of fused-ring (bicyclic) bond motifs is 2. The van der Waals surface area contributed by atoms with E-state index in [2.05, 4.69) is 15.0 Å². The summed E-state index contributed by atoms with van der Waals surface area (Å²) in [5.41, 5.74) is 4.46. The summed E-state index contributed by atoms with van der Waals surface area (Å²) in [5.74, 6) is 1.40. The summed E-state index contributed by atoms with van der Waals surface area (Å²) in [6.07, 6.45) is 3.76. The van der Waals surface area contributed by atoms with Crippen LogP contribution in [0.1, 0.15) is 21.7 Å². The number of methoxy groups -OCH3 is 2. The van der Waals surface area contributed by atoms with E-state index in [0.29, 0.717) is 28.5 Å². The molecule has 3 aromatic carbocycles. The van der Waals surface area contributed by atoms with E-state index in [1.165, 1.54) is 0 Å². The first-order valence-corrected chi connectivity index (χ1v) is 10.2. The Morgan fingerprint density at radius 1 is 0.906 bits per heavy atom. The van der Waals surface area contributed by atoms with E-state index in [0.717, 1.165) is 27.5 Å². The number of rotatable bonds is 6. The van der Waals surface area contributed by atoms with E-state index < -0.39 is 0 Å². The van der Waals surface area contributed by atoms with Crippen molar-refractivity contribution in [3.05, 3.63) is 89.9 Å². The lowest BCUT2D eigenvalue weighted by Gasteiger charge is -2.09. The summed E-state index contributed by atoms with van der Waals surface area (Å²) in [5, 5.41) is 1.03. The zero-order valence-electron chi connectivity index (χ0n) is 17.7. The van der Waals surface area contributed by atoms with E-state index in [1.54, 1.807) is 32.4 Å². The van der Waals surface area contributed by atoms with Crippen LogP contribution in [0.25, 0.3) is 33.6 Å². The molecule has 2 N–H and O–H groups in total. The molecule has 0 unspecified atom stereocenters. The van der Waals surface area contributed by atoms with Crippen LogP contribution in [0, 0.1) is 0 Å². The number of aromatic nitrogens is 3. The van der Waals surface area contributed by atoms with E-state index >= 15 is 0 Å². The minimum Gasteiger partial charge on any atom is -0.497 e. The second kappa shape index (κ2) is 8.07. The van der Waals surface area contributed by atoms with Crippen molar-refractivity contribution in [3.63, 3.8) is 0 Å². The van der Waals surface area contributed by atoms with Crippen LogP contribution in [-0.2, 0) is 0 Å². The molecule has 0 atom stereocenters. The van der Waals surface area contributed by atoms with Gasteiger partial charge < -0.3 is 19.4 Å². The van der Waals surface area contributed by atoms with Crippen LogP contribution in [0.3, 0.4) is 0 Å². The Morgan fingerprint density at radius 3 is 2.31 bits per heavy atom. The van der Waals surface area contributed by atoms with Crippen LogP contribution in [0.4, 0.5) is 0 Å². The molecule has 0 aliphatic rings. The van der Waals surface area contributed by atoms with Crippen molar-refractivity contribution in [3.8, 4) is 11.5 Å². The van der Waals surface area contributed by atoms with E-state index in [1.807, 2.05) is 60.8 Å². The molecule has 0 radical (unpaired) electrons. The highest BCUT2D eigenvalue weighted by atomic mass is 16.5. The molecule has 0 fully saturated rings. The van der Waals surface area contributed by atoms with Crippen molar-refractivity contribution in [1.82, 2.24) is 15.0 Å². The van der Waals surface area contributed by atoms with Crippen molar-refractivity contribution in [2.45, 2.75) is 0 Å². The van der Waals surface area contributed by atoms with Crippen molar-refractivity contribution < 1.29 is 14.3 Å². The third-order valence-electron chi connectivity index (χ3n) is 5.42. The number of imidazole rings is 1. The van der Waals surface area contributed by atoms with Crippen LogP contribution >= 0.6 is 0 Å². The number of aromatic amines is 2. The molecule has 32 heavy (non-hydrogen) atoms. The molecule has 0 saturated heterocycles. The Morgan fingerprint density at radius 2 is 1.59 bits per heavy atom. The van der Waals surface area contributed by atoms with E-state index in [4.69, 9.17) is 9.47 Å². The van der Waals surface area contributed by atoms with Gasteiger partial charge in [0, 0.05) is 34.3 Å². The first kappa shape index (κ1) is 19.6. The number of Topliss-reactive ketones (excluding diaryl/α,β-unsaturated/α-hetero) is 1. The molecule has 158 valence electrons. The molecule has 0 aliphatic heterocycles. The Kier molecular flexibility index (Phi) is 4.95. The van der Waals surface area contributed by atoms with Gasteiger partial charge in [-0.25, -0.2) is 4.98 Å². The van der Waals surface area contributed by atoms with E-state index in [9.17, 15) is 4.79 Å². The third kappa shape index (κ3) is 3.52. The smallest absolute Gasteiger partial charge is 0.197 e. The second-order valence-corrected chi connectivity index (χ2v) is 7.38. The number of ether oxygens (including phenoxy) is 2. The minimum absolute atomic E-state index is 0.188. The fraction of sp³-hybridized carbons (Fsp3) is 0.0769. The van der Waals surface area contributed by atoms with Gasteiger partial charge in [-0.05, 0) is 36.4 Å². The lowest BCUT2D eigenvalue weighted by Crippen LogP contribution is -2.05. The predicted molar refractivity (Wildman–Crippen MR) is 126 cm³/mol. The van der Waals surface area contributed by atoms with Gasteiger partial charge in [0.2, 0.25) is 0 Å². The van der Waals surface area contributed by atoms with Crippen LogP contribution in [-0.4, -0.2) is 35.0 Å². The summed E-state index contributed by atoms with van der Waals surface area (Å²) in [6.45, 7) is 0. The number of nitrogens with zero attached hydrogens (tertiary/aromatic N) is 1. The number of benzene rings is 3. The average molecular weight is 423 g/mol. The van der Waals surface area contributed by atoms with Crippen molar-refractivity contribution in [1.29, 1.82) is 0 Å². The SMILES string of the molecule is COc1cc(OC)cc(C(=O)/C(=C/c2c[nH]c3ccccc23)c2nc3ccccc3[nH]2)c1. The van der Waals surface area contributed by atoms with Crippen molar-refractivity contribution >= 4 is 39.4 Å². The number of hydrogen-bond donors (Lipinski definition) is 2. The molecule has 6 nitrogen and oxygen atoms in total. The number of para-hydroxylation sites is 3. The first-order valence-electron chi connectivity index (χ1n) is 10.2. The minimum atomic E-state index is -0.188. The summed E-state index contributed by atoms with van der Waals surface area (Å²) < 4.78 is 10.7. The highest BCUT2D eigenvalue weighted by Gasteiger charge is 2.20. The standard InChI is InChI=1S/C26H21N3O3/c1-31-18-11-16(12-19(14-18)32-2)25(30)21(26-28-23-9-5-6-10-24(23)29-26)13-17-15-27-22-8-4-3-7-20(17)22/h3-15,27H,1-2H3,(H,28,29)/b21-13-. The number of nitrogens with one attached hydrogen (secondary N) is 2. The van der Waals surface area contributed by atoms with Gasteiger partial charge >= 0.3 is 0 Å². The van der Waals surface area contributed by atoms with Gasteiger partial charge in [-0.1, -0.05) is 30.3 Å². The highest BCUT2D eigenvalue weighted by molar-refractivity contribution is 6.32. The van der Waals surface area contributed by atoms with Gasteiger partial charge in [0.25, 0.3) is 0 Å². The summed E-state index contributed by atoms with van der Waals surface area (Å²) in [6, 6.07) is 20.8. The Bertz CT molecular complexity index is 1420. The second-order valence-electron chi connectivity index (χ2n) is 7.38. The zero-order chi connectivity index (χ0) is 22.1. The normalized spacial score (nSPS) is 11.8. The molecule has 0 spiro atoms. The van der Waals surface area contributed by atoms with Crippen LogP contribution in [0.5, 0.6) is 11.5 Å². The average Bonchev–Trinajstić information content (AvgIpc) is 3.45. The Balaban J connectivity index is 1.70. The largest absolute Gasteiger partial charge is 0.497 e. The molecule has 0 aliphatic carbocycles. The van der Waals surface area contributed by atoms with Gasteiger partial charge in [-0.15, -0.1) is 0 Å². The number of allylic oxidation sites excluding steroid dienone is 1. The molecule has 5 rings (SSSR count). The van der Waals surface area contributed by atoms with Crippen LogP contribution < -0.4 is 9.47 Å².